The maximum atomic E-state index is 11.9. The first-order valence-electron chi connectivity index (χ1n) is 5.61. The number of fused-ring (bicyclic) bond motifs is 2. The van der Waals surface area contributed by atoms with E-state index in [0.29, 0.717) is 6.54 Å². The molecule has 2 heterocycles. The lowest BCUT2D eigenvalue weighted by Crippen LogP contribution is -2.43. The molecule has 1 saturated heterocycles. The van der Waals surface area contributed by atoms with Crippen LogP contribution >= 0.6 is 0 Å². The largest absolute Gasteiger partial charge is 0.347 e. The van der Waals surface area contributed by atoms with E-state index in [9.17, 15) is 9.59 Å². The Kier molecular flexibility index (Phi) is 2.21. The molecule has 2 aliphatic heterocycles. The molecule has 0 bridgehead atoms. The van der Waals surface area contributed by atoms with Crippen LogP contribution in [0.15, 0.2) is 24.3 Å². The van der Waals surface area contributed by atoms with E-state index in [4.69, 9.17) is 0 Å². The molecule has 1 aromatic rings. The first-order valence-corrected chi connectivity index (χ1v) is 5.61. The average molecular weight is 228 g/mol. The van der Waals surface area contributed by atoms with Gasteiger partial charge in [-0.25, -0.2) is 0 Å². The van der Waals surface area contributed by atoms with Crippen molar-refractivity contribution in [3.8, 4) is 0 Å². The fourth-order valence-electron chi connectivity index (χ4n) is 2.31. The van der Waals surface area contributed by atoms with Crippen molar-refractivity contribution >= 4 is 23.6 Å². The van der Waals surface area contributed by atoms with Crippen molar-refractivity contribution in [2.45, 2.75) is 6.42 Å². The van der Waals surface area contributed by atoms with Crippen molar-refractivity contribution in [2.75, 3.05) is 13.1 Å². The predicted molar refractivity (Wildman–Crippen MR) is 62.9 cm³/mol. The summed E-state index contributed by atoms with van der Waals surface area (Å²) >= 11 is 0. The van der Waals surface area contributed by atoms with E-state index >= 15 is 0 Å². The zero-order chi connectivity index (χ0) is 11.8. The molecule has 0 aliphatic carbocycles. The van der Waals surface area contributed by atoms with E-state index in [1.807, 2.05) is 30.3 Å². The number of rotatable bonds is 0. The Bertz CT molecular complexity index is 619. The Balaban J connectivity index is 2.27. The van der Waals surface area contributed by atoms with Gasteiger partial charge in [-0.3, -0.25) is 9.59 Å². The molecule has 17 heavy (non-hydrogen) atoms. The van der Waals surface area contributed by atoms with Gasteiger partial charge in [0.1, 0.15) is 0 Å². The molecule has 0 saturated carbocycles. The minimum atomic E-state index is -0.0902. The van der Waals surface area contributed by atoms with Crippen molar-refractivity contribution < 1.29 is 9.59 Å². The highest BCUT2D eigenvalue weighted by Gasteiger charge is 2.25. The number of hydrogen-bond donors (Lipinski definition) is 1. The van der Waals surface area contributed by atoms with Crippen LogP contribution in [0.3, 0.4) is 0 Å². The number of nitrogens with one attached hydrogen (secondary N) is 1. The zero-order valence-electron chi connectivity index (χ0n) is 9.27. The highest BCUT2D eigenvalue weighted by Crippen LogP contribution is 2.13. The van der Waals surface area contributed by atoms with Crippen LogP contribution in [0.1, 0.15) is 6.42 Å². The van der Waals surface area contributed by atoms with Gasteiger partial charge in [-0.1, -0.05) is 30.3 Å². The molecule has 0 atom stereocenters. The Morgan fingerprint density at radius 1 is 1.18 bits per heavy atom. The van der Waals surface area contributed by atoms with Crippen molar-refractivity contribution in [1.82, 2.24) is 10.2 Å². The topological polar surface area (TPSA) is 49.4 Å². The first kappa shape index (κ1) is 10.1. The maximum absolute atomic E-state index is 11.9. The molecule has 1 N–H and O–H groups in total. The lowest BCUT2D eigenvalue weighted by Gasteiger charge is -2.24. The van der Waals surface area contributed by atoms with E-state index in [0.717, 1.165) is 16.1 Å². The van der Waals surface area contributed by atoms with Crippen molar-refractivity contribution in [3.63, 3.8) is 0 Å². The molecule has 0 radical (unpaired) electrons. The van der Waals surface area contributed by atoms with Crippen LogP contribution in [-0.4, -0.2) is 29.8 Å². The van der Waals surface area contributed by atoms with Crippen LogP contribution in [0, 0.1) is 0 Å². The molecule has 86 valence electrons. The van der Waals surface area contributed by atoms with Gasteiger partial charge in [0.25, 0.3) is 0 Å². The number of hydrogen-bond acceptors (Lipinski definition) is 2. The summed E-state index contributed by atoms with van der Waals surface area (Å²) in [4.78, 5) is 25.1. The van der Waals surface area contributed by atoms with E-state index in [-0.39, 0.29) is 24.8 Å². The fraction of sp³-hybridized carbons (Fsp3) is 0.231. The van der Waals surface area contributed by atoms with Gasteiger partial charge in [0, 0.05) is 17.5 Å². The number of amides is 2. The van der Waals surface area contributed by atoms with E-state index in [2.05, 4.69) is 5.32 Å². The third kappa shape index (κ3) is 1.62. The Hall–Kier alpha value is -2.10. The Morgan fingerprint density at radius 2 is 2.00 bits per heavy atom. The highest BCUT2D eigenvalue weighted by atomic mass is 16.2. The third-order valence-corrected chi connectivity index (χ3v) is 3.16. The zero-order valence-corrected chi connectivity index (χ0v) is 9.27. The van der Waals surface area contributed by atoms with Crippen LogP contribution in [0.5, 0.6) is 0 Å². The van der Waals surface area contributed by atoms with Crippen molar-refractivity contribution in [1.29, 1.82) is 0 Å². The molecule has 4 nitrogen and oxygen atoms in total. The van der Waals surface area contributed by atoms with E-state index in [1.165, 1.54) is 0 Å². The molecule has 0 spiro atoms. The number of carbonyl (C=O) groups is 2. The lowest BCUT2D eigenvalue weighted by atomic mass is 10.1. The van der Waals surface area contributed by atoms with Gasteiger partial charge in [0.2, 0.25) is 11.8 Å². The van der Waals surface area contributed by atoms with Gasteiger partial charge in [0.15, 0.2) is 0 Å². The minimum Gasteiger partial charge on any atom is -0.347 e. The van der Waals surface area contributed by atoms with E-state index < -0.39 is 0 Å². The van der Waals surface area contributed by atoms with Crippen LogP contribution < -0.4 is 15.8 Å². The first-order chi connectivity index (χ1) is 8.25. The summed E-state index contributed by atoms with van der Waals surface area (Å²) in [5.41, 5.74) is 0.822. The molecule has 4 heteroatoms. The molecule has 0 aromatic heterocycles. The smallest absolute Gasteiger partial charge is 0.246 e. The molecule has 3 rings (SSSR count). The average Bonchev–Trinajstić information content (AvgIpc) is 2.50. The SMILES string of the molecule is O=C1CC2=c3ccccc3=CCN2C(=O)CN1. The summed E-state index contributed by atoms with van der Waals surface area (Å²) in [5, 5.41) is 4.70. The van der Waals surface area contributed by atoms with Crippen LogP contribution in [0.2, 0.25) is 0 Å². The summed E-state index contributed by atoms with van der Waals surface area (Å²) in [6, 6.07) is 7.85. The van der Waals surface area contributed by atoms with Crippen molar-refractivity contribution in [3.05, 3.63) is 34.7 Å². The Labute approximate surface area is 98.2 Å². The second-order valence-electron chi connectivity index (χ2n) is 4.20. The normalized spacial score (nSPS) is 18.8. The summed E-state index contributed by atoms with van der Waals surface area (Å²) < 4.78 is 0. The summed E-state index contributed by atoms with van der Waals surface area (Å²) in [5.74, 6) is -0.135. The summed E-state index contributed by atoms with van der Waals surface area (Å²) in [7, 11) is 0. The van der Waals surface area contributed by atoms with Crippen LogP contribution in [0.4, 0.5) is 0 Å². The minimum absolute atomic E-state index is 0.0448. The Morgan fingerprint density at radius 3 is 2.88 bits per heavy atom. The van der Waals surface area contributed by atoms with Gasteiger partial charge in [-0.15, -0.1) is 0 Å². The number of nitrogens with zero attached hydrogens (tertiary/aromatic N) is 1. The monoisotopic (exact) mass is 228 g/mol. The number of carbonyl (C=O) groups excluding carboxylic acids is 2. The molecular formula is C13H12N2O2. The van der Waals surface area contributed by atoms with Crippen LogP contribution in [-0.2, 0) is 9.59 Å². The van der Waals surface area contributed by atoms with Gasteiger partial charge in [-0.05, 0) is 5.22 Å². The second-order valence-corrected chi connectivity index (χ2v) is 4.20. The van der Waals surface area contributed by atoms with E-state index in [1.54, 1.807) is 4.90 Å². The molecular weight excluding hydrogens is 216 g/mol. The second kappa shape index (κ2) is 3.73. The van der Waals surface area contributed by atoms with Crippen LogP contribution in [0.25, 0.3) is 11.8 Å². The molecule has 2 amide bonds. The predicted octanol–water partition coefficient (Wildman–Crippen LogP) is -1.06. The van der Waals surface area contributed by atoms with Gasteiger partial charge < -0.3 is 10.2 Å². The molecule has 2 aliphatic rings. The third-order valence-electron chi connectivity index (χ3n) is 3.16. The lowest BCUT2D eigenvalue weighted by molar-refractivity contribution is -0.128. The highest BCUT2D eigenvalue weighted by molar-refractivity contribution is 5.96. The standard InChI is InChI=1S/C13H12N2O2/c16-12-7-11-10-4-2-1-3-9(10)5-6-15(11)13(17)8-14-12/h1-5H,6-8H2,(H,14,16). The summed E-state index contributed by atoms with van der Waals surface area (Å²) in [6.45, 7) is 0.651. The van der Waals surface area contributed by atoms with Gasteiger partial charge in [-0.2, -0.15) is 0 Å². The molecule has 1 aromatic carbocycles. The number of benzene rings is 1. The fourth-order valence-corrected chi connectivity index (χ4v) is 2.31. The van der Waals surface area contributed by atoms with Crippen molar-refractivity contribution in [2.24, 2.45) is 0 Å². The van der Waals surface area contributed by atoms with Gasteiger partial charge in [0.05, 0.1) is 13.0 Å². The maximum Gasteiger partial charge on any atom is 0.246 e. The van der Waals surface area contributed by atoms with Gasteiger partial charge >= 0.3 is 0 Å². The summed E-state index contributed by atoms with van der Waals surface area (Å²) in [6.07, 6.45) is 2.29. The molecule has 0 unspecified atom stereocenters. The molecule has 1 fully saturated rings. The quantitative estimate of drug-likeness (QED) is 0.615.